The molecule has 124 valence electrons. The van der Waals surface area contributed by atoms with E-state index in [-0.39, 0.29) is 6.04 Å². The van der Waals surface area contributed by atoms with E-state index in [0.717, 1.165) is 39.3 Å². The van der Waals surface area contributed by atoms with Gasteiger partial charge in [-0.1, -0.05) is 23.5 Å². The average Bonchev–Trinajstić information content (AvgIpc) is 2.51. The Labute approximate surface area is 150 Å². The molecule has 6 heteroatoms. The first-order valence-corrected chi connectivity index (χ1v) is 9.76. The topological polar surface area (TPSA) is 62.8 Å². The number of nitrogens with two attached hydrogens (primary N) is 1. The van der Waals surface area contributed by atoms with Gasteiger partial charge in [0.05, 0.1) is 27.1 Å². The van der Waals surface area contributed by atoms with Gasteiger partial charge in [-0.2, -0.15) is 0 Å². The summed E-state index contributed by atoms with van der Waals surface area (Å²) >= 11 is 3.46. The quantitative estimate of drug-likeness (QED) is 0.751. The number of anilines is 1. The fourth-order valence-corrected chi connectivity index (χ4v) is 5.39. The molecule has 0 aromatic heterocycles. The largest absolute Gasteiger partial charge is 0.384 e. The van der Waals surface area contributed by atoms with Gasteiger partial charge in [0.1, 0.15) is 0 Å². The highest BCUT2D eigenvalue weighted by Crippen LogP contribution is 2.54. The van der Waals surface area contributed by atoms with Crippen molar-refractivity contribution in [2.75, 3.05) is 11.9 Å². The van der Waals surface area contributed by atoms with Gasteiger partial charge in [-0.05, 0) is 45.4 Å². The molecule has 0 amide bonds. The molecule has 2 aliphatic heterocycles. The van der Waals surface area contributed by atoms with Crippen LogP contribution in [0, 0.1) is 0 Å². The Hall–Kier alpha value is -1.50. The number of aliphatic imine (C=N–C) groups is 2. The summed E-state index contributed by atoms with van der Waals surface area (Å²) < 4.78 is 0. The van der Waals surface area contributed by atoms with Crippen molar-refractivity contribution in [1.82, 2.24) is 0 Å². The van der Waals surface area contributed by atoms with Crippen LogP contribution in [-0.4, -0.2) is 16.6 Å². The van der Waals surface area contributed by atoms with Gasteiger partial charge in [-0.25, -0.2) is 9.98 Å². The molecule has 0 spiro atoms. The molecule has 3 N–H and O–H groups in total. The van der Waals surface area contributed by atoms with E-state index >= 15 is 0 Å². The van der Waals surface area contributed by atoms with Crippen LogP contribution in [-0.2, 0) is 0 Å². The Bertz CT molecular complexity index is 929. The molecule has 2 heterocycles. The lowest BCUT2D eigenvalue weighted by molar-refractivity contribution is 0.801. The second-order valence-corrected chi connectivity index (χ2v) is 8.53. The molecule has 0 saturated heterocycles. The minimum Gasteiger partial charge on any atom is -0.384 e. The predicted octanol–water partition coefficient (Wildman–Crippen LogP) is 5.60. The van der Waals surface area contributed by atoms with E-state index in [1.807, 2.05) is 6.92 Å². The maximum atomic E-state index is 6.27. The Morgan fingerprint density at radius 2 is 1.62 bits per heavy atom. The lowest BCUT2D eigenvalue weighted by Gasteiger charge is -2.26. The number of hydrogen-bond donors (Lipinski definition) is 2. The molecular weight excluding hydrogens is 336 g/mol. The second kappa shape index (κ2) is 5.79. The van der Waals surface area contributed by atoms with Crippen molar-refractivity contribution in [3.63, 3.8) is 0 Å². The van der Waals surface area contributed by atoms with Crippen LogP contribution in [0.5, 0.6) is 0 Å². The third-order valence-electron chi connectivity index (χ3n) is 4.21. The summed E-state index contributed by atoms with van der Waals surface area (Å²) in [5.74, 6) is 0. The number of nitrogens with one attached hydrogen (secondary N) is 1. The molecular formula is C18H20N4S2. The van der Waals surface area contributed by atoms with Crippen LogP contribution < -0.4 is 11.1 Å². The van der Waals surface area contributed by atoms with Gasteiger partial charge >= 0.3 is 0 Å². The zero-order chi connectivity index (χ0) is 17.0. The van der Waals surface area contributed by atoms with E-state index in [0.29, 0.717) is 0 Å². The molecule has 24 heavy (non-hydrogen) atoms. The molecule has 1 atom stereocenters. The summed E-state index contributed by atoms with van der Waals surface area (Å²) in [7, 11) is 0. The highest BCUT2D eigenvalue weighted by molar-refractivity contribution is 8.14. The highest BCUT2D eigenvalue weighted by Gasteiger charge is 2.27. The molecule has 4 nitrogen and oxygen atoms in total. The van der Waals surface area contributed by atoms with Gasteiger partial charge in [0.2, 0.25) is 0 Å². The molecule has 0 fully saturated rings. The van der Waals surface area contributed by atoms with E-state index in [1.54, 1.807) is 23.5 Å². The number of nitrogens with zero attached hydrogens (tertiary/aromatic N) is 2. The molecule has 0 aliphatic carbocycles. The van der Waals surface area contributed by atoms with Crippen LogP contribution in [0.4, 0.5) is 17.1 Å². The van der Waals surface area contributed by atoms with Crippen molar-refractivity contribution in [1.29, 1.82) is 0 Å². The fraction of sp³-hybridized carbons (Fsp3) is 0.333. The average molecular weight is 357 g/mol. The van der Waals surface area contributed by atoms with Gasteiger partial charge in [-0.3, -0.25) is 0 Å². The van der Waals surface area contributed by atoms with Crippen molar-refractivity contribution in [2.24, 2.45) is 15.7 Å². The van der Waals surface area contributed by atoms with Crippen LogP contribution in [0.3, 0.4) is 0 Å². The molecule has 2 aromatic rings. The zero-order valence-corrected chi connectivity index (χ0v) is 15.9. The summed E-state index contributed by atoms with van der Waals surface area (Å²) in [4.78, 5) is 12.1. The van der Waals surface area contributed by atoms with E-state index in [1.165, 1.54) is 20.6 Å². The molecule has 2 aromatic carbocycles. The Morgan fingerprint density at radius 3 is 2.25 bits per heavy atom. The van der Waals surface area contributed by atoms with Crippen LogP contribution in [0.15, 0.2) is 31.9 Å². The number of rotatable bonds is 3. The van der Waals surface area contributed by atoms with Gasteiger partial charge in [0.15, 0.2) is 0 Å². The third kappa shape index (κ3) is 2.36. The molecule has 2 aliphatic rings. The first kappa shape index (κ1) is 16.0. The summed E-state index contributed by atoms with van der Waals surface area (Å²) in [6, 6.07) is 4.31. The smallest absolute Gasteiger partial charge is 0.0756 e. The van der Waals surface area contributed by atoms with E-state index in [2.05, 4.69) is 38.2 Å². The van der Waals surface area contributed by atoms with Gasteiger partial charge in [-0.15, -0.1) is 0 Å². The maximum Gasteiger partial charge on any atom is 0.0756 e. The Kier molecular flexibility index (Phi) is 3.86. The lowest BCUT2D eigenvalue weighted by Crippen LogP contribution is -2.10. The Balaban J connectivity index is 2.18. The monoisotopic (exact) mass is 356 g/mol. The summed E-state index contributed by atoms with van der Waals surface area (Å²) in [5.41, 5.74) is 10.6. The first-order valence-electron chi connectivity index (χ1n) is 8.13. The minimum absolute atomic E-state index is 0.0334. The molecule has 4 rings (SSSR count). The Morgan fingerprint density at radius 1 is 1.04 bits per heavy atom. The van der Waals surface area contributed by atoms with Crippen LogP contribution >= 0.6 is 23.5 Å². The van der Waals surface area contributed by atoms with E-state index < -0.39 is 0 Å². The van der Waals surface area contributed by atoms with Gasteiger partial charge in [0, 0.05) is 33.2 Å². The second-order valence-electron chi connectivity index (χ2n) is 6.12. The van der Waals surface area contributed by atoms with Crippen molar-refractivity contribution < 1.29 is 0 Å². The minimum atomic E-state index is -0.0334. The van der Waals surface area contributed by atoms with Crippen molar-refractivity contribution in [3.8, 4) is 0 Å². The lowest BCUT2D eigenvalue weighted by atomic mass is 9.98. The number of hydrogen-bond acceptors (Lipinski definition) is 6. The summed E-state index contributed by atoms with van der Waals surface area (Å²) in [5, 5.41) is 8.02. The zero-order valence-electron chi connectivity index (χ0n) is 14.2. The van der Waals surface area contributed by atoms with Crippen LogP contribution in [0.25, 0.3) is 10.8 Å². The van der Waals surface area contributed by atoms with Crippen LogP contribution in [0.2, 0.25) is 0 Å². The number of thioether (sulfide) groups is 2. The summed E-state index contributed by atoms with van der Waals surface area (Å²) in [6.45, 7) is 9.15. The molecule has 0 saturated carbocycles. The van der Waals surface area contributed by atoms with E-state index in [4.69, 9.17) is 15.7 Å². The first-order chi connectivity index (χ1) is 11.5. The fourth-order valence-electron chi connectivity index (χ4n) is 3.29. The standard InChI is InChI=1S/C18H20N4S2/c1-5-20-14-7-13-15-16-12(21-10(4)24-18(14)16)6-11(8(2)19)17(15)23-9(3)22-13/h6-8,20H,5,19H2,1-4H3. The van der Waals surface area contributed by atoms with Gasteiger partial charge in [0.25, 0.3) is 0 Å². The highest BCUT2D eigenvalue weighted by atomic mass is 32.2. The van der Waals surface area contributed by atoms with Gasteiger partial charge < -0.3 is 11.1 Å². The van der Waals surface area contributed by atoms with Crippen molar-refractivity contribution in [3.05, 3.63) is 17.7 Å². The predicted molar refractivity (Wildman–Crippen MR) is 108 cm³/mol. The molecule has 1 unspecified atom stereocenters. The SMILES string of the molecule is CCNc1cc2c3c(c(C(C)N)cc4c3c1SC(C)=N4)SC(C)=N2. The van der Waals surface area contributed by atoms with E-state index in [9.17, 15) is 0 Å². The molecule has 0 bridgehead atoms. The maximum absolute atomic E-state index is 6.27. The normalized spacial score (nSPS) is 16.7. The van der Waals surface area contributed by atoms with Crippen molar-refractivity contribution >= 4 is 61.4 Å². The van der Waals surface area contributed by atoms with Crippen molar-refractivity contribution in [2.45, 2.75) is 43.5 Å². The molecule has 0 radical (unpaired) electrons. The number of benzene rings is 2. The summed E-state index contributed by atoms with van der Waals surface area (Å²) in [6.07, 6.45) is 0. The van der Waals surface area contributed by atoms with Crippen LogP contribution in [0.1, 0.15) is 39.3 Å². The third-order valence-corrected chi connectivity index (χ3v) is 6.26.